The van der Waals surface area contributed by atoms with Crippen LogP contribution >= 0.6 is 0 Å². The van der Waals surface area contributed by atoms with Gasteiger partial charge in [0.25, 0.3) is 0 Å². The number of nitrogens with one attached hydrogen (secondary N) is 1. The van der Waals surface area contributed by atoms with E-state index in [9.17, 15) is 15.0 Å². The number of hydrogen-bond donors (Lipinski definition) is 5. The summed E-state index contributed by atoms with van der Waals surface area (Å²) >= 11 is 0. The van der Waals surface area contributed by atoms with Crippen LogP contribution in [0.25, 0.3) is 0 Å². The van der Waals surface area contributed by atoms with Crippen LogP contribution in [0.3, 0.4) is 0 Å². The van der Waals surface area contributed by atoms with Crippen molar-refractivity contribution in [2.45, 2.75) is 37.3 Å². The summed E-state index contributed by atoms with van der Waals surface area (Å²) in [6, 6.07) is -0.951. The molecule has 7 heteroatoms. The van der Waals surface area contributed by atoms with Crippen molar-refractivity contribution in [2.75, 3.05) is 6.61 Å². The first kappa shape index (κ1) is 15.6. The zero-order valence-corrected chi connectivity index (χ0v) is 10.8. The summed E-state index contributed by atoms with van der Waals surface area (Å²) in [7, 11) is 0. The molecule has 0 bridgehead atoms. The van der Waals surface area contributed by atoms with Gasteiger partial charge >= 0.3 is 0 Å². The second-order valence-corrected chi connectivity index (χ2v) is 4.61. The molecule has 1 heterocycles. The zero-order chi connectivity index (χ0) is 14.6. The van der Waals surface area contributed by atoms with E-state index in [1.54, 1.807) is 13.0 Å². The van der Waals surface area contributed by atoms with E-state index in [4.69, 9.17) is 9.84 Å². The van der Waals surface area contributed by atoms with Crippen LogP contribution in [0.15, 0.2) is 24.0 Å². The number of allylic oxidation sites excluding steroid dienone is 1. The van der Waals surface area contributed by atoms with Gasteiger partial charge in [-0.25, -0.2) is 0 Å². The predicted molar refractivity (Wildman–Crippen MR) is 66.5 cm³/mol. The lowest BCUT2D eigenvalue weighted by atomic mass is 9.92. The second kappa shape index (κ2) is 6.67. The van der Waals surface area contributed by atoms with Gasteiger partial charge in [-0.05, 0) is 12.5 Å². The molecule has 1 aliphatic heterocycles. The number of rotatable bonds is 6. The third-order valence-corrected chi connectivity index (χ3v) is 3.04. The molecular weight excluding hydrogens is 252 g/mol. The Morgan fingerprint density at radius 1 is 1.68 bits per heavy atom. The van der Waals surface area contributed by atoms with Crippen molar-refractivity contribution in [3.8, 4) is 0 Å². The van der Waals surface area contributed by atoms with Crippen LogP contribution < -0.4 is 11.1 Å². The van der Waals surface area contributed by atoms with E-state index < -0.39 is 31.0 Å². The highest BCUT2D eigenvalue weighted by Gasteiger charge is 2.42. The van der Waals surface area contributed by atoms with Crippen molar-refractivity contribution < 1.29 is 30.6 Å². The first-order valence-electron chi connectivity index (χ1n) is 5.96. The summed E-state index contributed by atoms with van der Waals surface area (Å²) in [6.07, 6.45) is -1.45. The Kier molecular flexibility index (Phi) is 5.49. The predicted octanol–water partition coefficient (Wildman–Crippen LogP) is -2.72. The third-order valence-electron chi connectivity index (χ3n) is 3.04. The quantitative estimate of drug-likeness (QED) is 0.336. The Hall–Kier alpha value is -1.41. The molecule has 7 N–H and O–H groups in total. The topological polar surface area (TPSA) is 127 Å². The van der Waals surface area contributed by atoms with Gasteiger partial charge in [0.15, 0.2) is 6.10 Å². The van der Waals surface area contributed by atoms with Crippen molar-refractivity contribution in [1.29, 1.82) is 0 Å². The molecule has 0 spiro atoms. The highest BCUT2D eigenvalue weighted by atomic mass is 16.5. The zero-order valence-electron chi connectivity index (χ0n) is 10.8. The van der Waals surface area contributed by atoms with Gasteiger partial charge < -0.3 is 31.1 Å². The van der Waals surface area contributed by atoms with Crippen LogP contribution in [0.4, 0.5) is 0 Å². The number of carbonyl (C=O) groups is 1. The monoisotopic (exact) mass is 273 g/mol. The molecule has 0 aliphatic carbocycles. The molecule has 1 aliphatic rings. The summed E-state index contributed by atoms with van der Waals surface area (Å²) in [6.45, 7) is 4.86. The minimum Gasteiger partial charge on any atom is -0.485 e. The molecule has 0 saturated carbocycles. The molecule has 0 radical (unpaired) electrons. The summed E-state index contributed by atoms with van der Waals surface area (Å²) in [5.41, 5.74) is 4.52. The van der Waals surface area contributed by atoms with Crippen LogP contribution in [-0.4, -0.2) is 58.7 Å². The molecule has 0 saturated heterocycles. The van der Waals surface area contributed by atoms with E-state index in [0.29, 0.717) is 17.7 Å². The van der Waals surface area contributed by atoms with Crippen molar-refractivity contribution >= 4 is 6.41 Å². The molecular formula is C12H21N2O5+. The number of aliphatic hydroxyl groups excluding tert-OH is 3. The van der Waals surface area contributed by atoms with Crippen molar-refractivity contribution in [3.63, 3.8) is 0 Å². The second-order valence-electron chi connectivity index (χ2n) is 4.61. The Balaban J connectivity index is 2.99. The number of amides is 1. The maximum atomic E-state index is 10.6. The maximum Gasteiger partial charge on any atom is 0.207 e. The van der Waals surface area contributed by atoms with Crippen LogP contribution in [0.5, 0.6) is 0 Å². The van der Waals surface area contributed by atoms with Gasteiger partial charge in [-0.2, -0.15) is 0 Å². The summed E-state index contributed by atoms with van der Waals surface area (Å²) in [5, 5.41) is 30.9. The van der Waals surface area contributed by atoms with E-state index in [2.05, 4.69) is 17.6 Å². The number of ether oxygens (including phenoxy) is 1. The van der Waals surface area contributed by atoms with E-state index in [1.807, 2.05) is 0 Å². The van der Waals surface area contributed by atoms with Crippen LogP contribution in [0.1, 0.15) is 6.92 Å². The molecule has 5 atom stereocenters. The van der Waals surface area contributed by atoms with E-state index in [-0.39, 0.29) is 6.04 Å². The van der Waals surface area contributed by atoms with Gasteiger partial charge in [-0.15, -0.1) is 0 Å². The third kappa shape index (κ3) is 3.54. The van der Waals surface area contributed by atoms with Crippen LogP contribution in [0, 0.1) is 0 Å². The van der Waals surface area contributed by atoms with Gasteiger partial charge in [0.2, 0.25) is 6.41 Å². The first-order valence-corrected chi connectivity index (χ1v) is 5.96. The van der Waals surface area contributed by atoms with Crippen molar-refractivity contribution in [1.82, 2.24) is 5.32 Å². The lowest BCUT2D eigenvalue weighted by molar-refractivity contribution is -0.417. The lowest BCUT2D eigenvalue weighted by Gasteiger charge is -2.37. The molecule has 7 nitrogen and oxygen atoms in total. The summed E-state index contributed by atoms with van der Waals surface area (Å²) < 4.78 is 5.55. The first-order chi connectivity index (χ1) is 8.92. The van der Waals surface area contributed by atoms with Crippen LogP contribution in [-0.2, 0) is 9.53 Å². The minimum absolute atomic E-state index is 0.351. The Labute approximate surface area is 111 Å². The smallest absolute Gasteiger partial charge is 0.207 e. The van der Waals surface area contributed by atoms with Crippen LogP contribution in [0.2, 0.25) is 0 Å². The molecule has 0 aromatic rings. The largest absolute Gasteiger partial charge is 0.485 e. The molecule has 0 aromatic heterocycles. The molecule has 0 aromatic carbocycles. The molecule has 0 fully saturated rings. The fourth-order valence-electron chi connectivity index (χ4n) is 1.95. The van der Waals surface area contributed by atoms with Crippen molar-refractivity contribution in [2.24, 2.45) is 0 Å². The maximum absolute atomic E-state index is 10.6. The molecule has 1 amide bonds. The van der Waals surface area contributed by atoms with Gasteiger partial charge in [0.1, 0.15) is 30.1 Å². The number of hydrogen-bond acceptors (Lipinski definition) is 5. The fourth-order valence-corrected chi connectivity index (χ4v) is 1.95. The average molecular weight is 273 g/mol. The van der Waals surface area contributed by atoms with E-state index >= 15 is 0 Å². The average Bonchev–Trinajstić information content (AvgIpc) is 2.38. The van der Waals surface area contributed by atoms with E-state index in [1.165, 1.54) is 0 Å². The summed E-state index contributed by atoms with van der Waals surface area (Å²) in [5.74, 6) is 0.457. The molecule has 108 valence electrons. The Morgan fingerprint density at radius 2 is 2.32 bits per heavy atom. The lowest BCUT2D eigenvalue weighted by Crippen LogP contribution is -2.74. The van der Waals surface area contributed by atoms with Gasteiger partial charge in [0.05, 0.1) is 6.61 Å². The number of quaternary nitrogens is 1. The number of aliphatic hydroxyl groups is 3. The molecule has 1 rings (SSSR count). The van der Waals surface area contributed by atoms with E-state index in [0.717, 1.165) is 0 Å². The molecule has 19 heavy (non-hydrogen) atoms. The van der Waals surface area contributed by atoms with Crippen molar-refractivity contribution in [3.05, 3.63) is 24.0 Å². The molecule has 5 unspecified atom stereocenters. The fraction of sp³-hybridized carbons (Fsp3) is 0.583. The normalized spacial score (nSPS) is 29.7. The highest BCUT2D eigenvalue weighted by Crippen LogP contribution is 2.24. The van der Waals surface area contributed by atoms with Gasteiger partial charge in [-0.3, -0.25) is 4.79 Å². The standard InChI is InChI=1S/C12H20N2O5/c1-6(2)9-3-7(13)10(14-5-16)12(19-9)11(18)8(17)4-15/h3,5,7-8,10-12,15,17-18H,1,4,13H2,2H3,(H,14,16)/p+1. The Morgan fingerprint density at radius 3 is 2.79 bits per heavy atom. The Bertz CT molecular complexity index is 371. The van der Waals surface area contributed by atoms with Gasteiger partial charge in [-0.1, -0.05) is 6.58 Å². The SMILES string of the molecule is C=C(C)C1=CC([NH3+])C(NC=O)C(C(O)C(O)CO)O1. The number of carbonyl (C=O) groups excluding carboxylic acids is 1. The minimum atomic E-state index is -1.36. The summed E-state index contributed by atoms with van der Waals surface area (Å²) in [4.78, 5) is 10.6. The van der Waals surface area contributed by atoms with Gasteiger partial charge in [0, 0.05) is 6.08 Å². The highest BCUT2D eigenvalue weighted by molar-refractivity contribution is 5.47.